The second-order valence-corrected chi connectivity index (χ2v) is 5.96. The molecular formula is C16H18ClN5O. The number of carbonyl (C=O) groups excluding carboxylic acids is 1. The number of nitrogens with zero attached hydrogens (tertiary/aromatic N) is 4. The van der Waals surface area contributed by atoms with E-state index in [1.165, 1.54) is 0 Å². The summed E-state index contributed by atoms with van der Waals surface area (Å²) in [5.41, 5.74) is 1.06. The van der Waals surface area contributed by atoms with Crippen molar-refractivity contribution in [1.82, 2.24) is 14.9 Å². The lowest BCUT2D eigenvalue weighted by atomic mass is 10.2. The molecule has 120 valence electrons. The van der Waals surface area contributed by atoms with E-state index in [1.807, 2.05) is 0 Å². The Morgan fingerprint density at radius 1 is 1.17 bits per heavy atom. The van der Waals surface area contributed by atoms with Gasteiger partial charge >= 0.3 is 0 Å². The Kier molecular flexibility index (Phi) is 4.73. The number of benzene rings is 1. The van der Waals surface area contributed by atoms with Crippen molar-refractivity contribution in [2.75, 3.05) is 43.4 Å². The van der Waals surface area contributed by atoms with E-state index in [9.17, 15) is 4.79 Å². The summed E-state index contributed by atoms with van der Waals surface area (Å²) in [4.78, 5) is 25.2. The van der Waals surface area contributed by atoms with Crippen molar-refractivity contribution in [3.8, 4) is 0 Å². The summed E-state index contributed by atoms with van der Waals surface area (Å²) in [5, 5.41) is 3.35. The van der Waals surface area contributed by atoms with Gasteiger partial charge in [-0.1, -0.05) is 17.7 Å². The van der Waals surface area contributed by atoms with Gasteiger partial charge in [-0.05, 0) is 25.2 Å². The quantitative estimate of drug-likeness (QED) is 0.933. The van der Waals surface area contributed by atoms with E-state index in [1.54, 1.807) is 36.7 Å². The third kappa shape index (κ3) is 3.97. The Morgan fingerprint density at radius 3 is 2.52 bits per heavy atom. The minimum absolute atomic E-state index is 0.253. The molecule has 0 aliphatic carbocycles. The van der Waals surface area contributed by atoms with Crippen LogP contribution in [-0.2, 0) is 0 Å². The average molecular weight is 332 g/mol. The van der Waals surface area contributed by atoms with Crippen molar-refractivity contribution in [3.05, 3.63) is 47.2 Å². The molecule has 7 heteroatoms. The SMILES string of the molecule is CN1CCN(c2ncc(C(=O)Nc3cccc(Cl)c3)cn2)CC1. The van der Waals surface area contributed by atoms with Crippen LogP contribution in [-0.4, -0.2) is 54.0 Å². The molecule has 1 amide bonds. The number of likely N-dealkylation sites (N-methyl/N-ethyl adjacent to an activating group) is 1. The number of hydrogen-bond acceptors (Lipinski definition) is 5. The van der Waals surface area contributed by atoms with Gasteiger partial charge in [0.2, 0.25) is 5.95 Å². The molecule has 0 radical (unpaired) electrons. The van der Waals surface area contributed by atoms with E-state index in [2.05, 4.69) is 32.1 Å². The van der Waals surface area contributed by atoms with E-state index in [0.717, 1.165) is 26.2 Å². The van der Waals surface area contributed by atoms with Crippen LogP contribution in [0.1, 0.15) is 10.4 Å². The van der Waals surface area contributed by atoms with Gasteiger partial charge in [-0.15, -0.1) is 0 Å². The number of hydrogen-bond donors (Lipinski definition) is 1. The fraction of sp³-hybridized carbons (Fsp3) is 0.312. The number of aromatic nitrogens is 2. The van der Waals surface area contributed by atoms with Crippen LogP contribution in [0.25, 0.3) is 0 Å². The highest BCUT2D eigenvalue weighted by molar-refractivity contribution is 6.30. The first-order valence-electron chi connectivity index (χ1n) is 7.44. The number of anilines is 2. The third-order valence-electron chi connectivity index (χ3n) is 3.77. The first-order valence-corrected chi connectivity index (χ1v) is 7.82. The van der Waals surface area contributed by atoms with E-state index in [4.69, 9.17) is 11.6 Å². The van der Waals surface area contributed by atoms with Crippen LogP contribution < -0.4 is 10.2 Å². The third-order valence-corrected chi connectivity index (χ3v) is 4.00. The number of amides is 1. The largest absolute Gasteiger partial charge is 0.338 e. The smallest absolute Gasteiger partial charge is 0.258 e. The number of nitrogens with one attached hydrogen (secondary N) is 1. The topological polar surface area (TPSA) is 61.4 Å². The summed E-state index contributed by atoms with van der Waals surface area (Å²) in [5.74, 6) is 0.412. The summed E-state index contributed by atoms with van der Waals surface area (Å²) in [6.07, 6.45) is 3.11. The molecular weight excluding hydrogens is 314 g/mol. The van der Waals surface area contributed by atoms with Crippen LogP contribution in [0.3, 0.4) is 0 Å². The van der Waals surface area contributed by atoms with E-state index in [0.29, 0.717) is 22.2 Å². The van der Waals surface area contributed by atoms with E-state index >= 15 is 0 Å². The van der Waals surface area contributed by atoms with E-state index < -0.39 is 0 Å². The zero-order valence-electron chi connectivity index (χ0n) is 12.9. The summed E-state index contributed by atoms with van der Waals surface area (Å²) in [6, 6.07) is 7.01. The second kappa shape index (κ2) is 6.93. The molecule has 0 bridgehead atoms. The fourth-order valence-corrected chi connectivity index (χ4v) is 2.57. The van der Waals surface area contributed by atoms with Gasteiger partial charge in [0.05, 0.1) is 5.56 Å². The molecule has 1 N–H and O–H groups in total. The van der Waals surface area contributed by atoms with Gasteiger partial charge in [-0.25, -0.2) is 9.97 Å². The Hall–Kier alpha value is -2.18. The first-order chi connectivity index (χ1) is 11.1. The van der Waals surface area contributed by atoms with Crippen LogP contribution in [0, 0.1) is 0 Å². The predicted molar refractivity (Wildman–Crippen MR) is 91.1 cm³/mol. The van der Waals surface area contributed by atoms with Crippen LogP contribution in [0.2, 0.25) is 5.02 Å². The normalized spacial score (nSPS) is 15.5. The number of rotatable bonds is 3. The standard InChI is InChI=1S/C16H18ClN5O/c1-21-5-7-22(8-6-21)16-18-10-12(11-19-16)15(23)20-14-4-2-3-13(17)9-14/h2-4,9-11H,5-8H2,1H3,(H,20,23). The monoisotopic (exact) mass is 331 g/mol. The molecule has 2 aromatic rings. The number of carbonyl (C=O) groups is 1. The van der Waals surface area contributed by atoms with Gasteiger partial charge in [-0.2, -0.15) is 0 Å². The van der Waals surface area contributed by atoms with E-state index in [-0.39, 0.29) is 5.91 Å². The molecule has 1 aliphatic heterocycles. The van der Waals surface area contributed by atoms with Crippen LogP contribution in [0.4, 0.5) is 11.6 Å². The molecule has 1 fully saturated rings. The van der Waals surface area contributed by atoms with Crippen LogP contribution >= 0.6 is 11.6 Å². The molecule has 3 rings (SSSR count). The van der Waals surface area contributed by atoms with Crippen molar-refractivity contribution in [3.63, 3.8) is 0 Å². The highest BCUT2D eigenvalue weighted by Gasteiger charge is 2.17. The molecule has 2 heterocycles. The summed E-state index contributed by atoms with van der Waals surface area (Å²) < 4.78 is 0. The van der Waals surface area contributed by atoms with Crippen molar-refractivity contribution in [2.45, 2.75) is 0 Å². The lowest BCUT2D eigenvalue weighted by Gasteiger charge is -2.32. The maximum Gasteiger partial charge on any atom is 0.258 e. The Labute approximate surface area is 140 Å². The molecule has 0 atom stereocenters. The predicted octanol–water partition coefficient (Wildman–Crippen LogP) is 2.13. The van der Waals surface area contributed by atoms with Crippen molar-refractivity contribution in [2.24, 2.45) is 0 Å². The highest BCUT2D eigenvalue weighted by atomic mass is 35.5. The summed E-state index contributed by atoms with van der Waals surface area (Å²) >= 11 is 5.91. The Bertz CT molecular complexity index is 683. The zero-order valence-corrected chi connectivity index (χ0v) is 13.6. The molecule has 6 nitrogen and oxygen atoms in total. The van der Waals surface area contributed by atoms with Crippen LogP contribution in [0.15, 0.2) is 36.7 Å². The number of halogens is 1. The molecule has 1 aliphatic rings. The average Bonchev–Trinajstić information content (AvgIpc) is 2.56. The zero-order chi connectivity index (χ0) is 16.2. The molecule has 1 aromatic carbocycles. The number of piperazine rings is 1. The van der Waals surface area contributed by atoms with Gasteiger partial charge in [-0.3, -0.25) is 4.79 Å². The molecule has 0 unspecified atom stereocenters. The van der Waals surface area contributed by atoms with Gasteiger partial charge in [0.25, 0.3) is 5.91 Å². The van der Waals surface area contributed by atoms with Gasteiger partial charge in [0, 0.05) is 49.3 Å². The molecule has 0 saturated carbocycles. The van der Waals surface area contributed by atoms with Gasteiger partial charge in [0.15, 0.2) is 0 Å². The van der Waals surface area contributed by atoms with Crippen molar-refractivity contribution >= 4 is 29.1 Å². The Morgan fingerprint density at radius 2 is 1.87 bits per heavy atom. The van der Waals surface area contributed by atoms with Gasteiger partial charge in [0.1, 0.15) is 0 Å². The molecule has 1 saturated heterocycles. The van der Waals surface area contributed by atoms with Crippen molar-refractivity contribution < 1.29 is 4.79 Å². The summed E-state index contributed by atoms with van der Waals surface area (Å²) in [6.45, 7) is 3.76. The summed E-state index contributed by atoms with van der Waals surface area (Å²) in [7, 11) is 2.10. The minimum Gasteiger partial charge on any atom is -0.338 e. The minimum atomic E-state index is -0.253. The lowest BCUT2D eigenvalue weighted by molar-refractivity contribution is 0.102. The first kappa shape index (κ1) is 15.7. The van der Waals surface area contributed by atoms with Crippen LogP contribution in [0.5, 0.6) is 0 Å². The van der Waals surface area contributed by atoms with Gasteiger partial charge < -0.3 is 15.1 Å². The van der Waals surface area contributed by atoms with Crippen molar-refractivity contribution in [1.29, 1.82) is 0 Å². The molecule has 23 heavy (non-hydrogen) atoms. The lowest BCUT2D eigenvalue weighted by Crippen LogP contribution is -2.45. The fourth-order valence-electron chi connectivity index (χ4n) is 2.38. The molecule has 1 aromatic heterocycles. The second-order valence-electron chi connectivity index (χ2n) is 5.53. The maximum atomic E-state index is 12.2. The Balaban J connectivity index is 1.65. The molecule has 0 spiro atoms. The maximum absolute atomic E-state index is 12.2. The highest BCUT2D eigenvalue weighted by Crippen LogP contribution is 2.16.